The molecule has 2 atom stereocenters. The number of rotatable bonds is 5. The number of phenols is 3. The normalized spacial score (nSPS) is 17.6. The monoisotopic (exact) mass is 404 g/mol. The molecule has 3 aromatic carbocycles. The summed E-state index contributed by atoms with van der Waals surface area (Å²) in [6.45, 7) is -0.119. The van der Waals surface area contributed by atoms with E-state index >= 15 is 0 Å². The molecule has 0 saturated carbocycles. The smallest absolute Gasteiger partial charge is 0.189 e. The highest BCUT2D eigenvalue weighted by atomic mass is 16.5. The molecule has 0 unspecified atom stereocenters. The standard InChI is InChI=1S/C24H20O6/c25-13-20-19-11-14(1-9-21(28)18-8-7-17(27)12-22(18)29)2-10-23(19)30-24(20)15-3-5-16(26)6-4-15/h1-12,20,24-27,29H,13H2/b9-1+/t20-,24+/m0/s1. The van der Waals surface area contributed by atoms with E-state index in [1.165, 1.54) is 18.2 Å². The molecule has 0 radical (unpaired) electrons. The molecule has 30 heavy (non-hydrogen) atoms. The summed E-state index contributed by atoms with van der Waals surface area (Å²) in [7, 11) is 0. The molecule has 0 aromatic heterocycles. The third-order valence-corrected chi connectivity index (χ3v) is 5.14. The zero-order valence-electron chi connectivity index (χ0n) is 15.9. The highest BCUT2D eigenvalue weighted by Gasteiger charge is 2.35. The zero-order valence-corrected chi connectivity index (χ0v) is 15.9. The van der Waals surface area contributed by atoms with Crippen molar-refractivity contribution in [2.24, 2.45) is 0 Å². The summed E-state index contributed by atoms with van der Waals surface area (Å²) in [6.07, 6.45) is 2.59. The predicted molar refractivity (Wildman–Crippen MR) is 111 cm³/mol. The van der Waals surface area contributed by atoms with E-state index < -0.39 is 5.78 Å². The maximum absolute atomic E-state index is 12.4. The molecule has 1 aliphatic rings. The summed E-state index contributed by atoms with van der Waals surface area (Å²) in [4.78, 5) is 12.4. The van der Waals surface area contributed by atoms with Crippen molar-refractivity contribution in [2.75, 3.05) is 6.61 Å². The predicted octanol–water partition coefficient (Wildman–Crippen LogP) is 3.91. The number of hydrogen-bond acceptors (Lipinski definition) is 6. The Morgan fingerprint density at radius 3 is 2.37 bits per heavy atom. The maximum Gasteiger partial charge on any atom is 0.189 e. The van der Waals surface area contributed by atoms with Crippen molar-refractivity contribution in [3.63, 3.8) is 0 Å². The molecule has 4 N–H and O–H groups in total. The number of carbonyl (C=O) groups is 1. The van der Waals surface area contributed by atoms with E-state index in [2.05, 4.69) is 0 Å². The van der Waals surface area contributed by atoms with Crippen molar-refractivity contribution in [3.8, 4) is 23.0 Å². The van der Waals surface area contributed by atoms with Crippen LogP contribution in [0, 0.1) is 0 Å². The van der Waals surface area contributed by atoms with Gasteiger partial charge in [0, 0.05) is 11.6 Å². The number of allylic oxidation sites excluding steroid dienone is 1. The van der Waals surface area contributed by atoms with Gasteiger partial charge < -0.3 is 25.2 Å². The molecule has 0 fully saturated rings. The summed E-state index contributed by atoms with van der Waals surface area (Å²) in [5, 5.41) is 38.6. The first-order valence-corrected chi connectivity index (χ1v) is 9.41. The zero-order chi connectivity index (χ0) is 21.3. The molecule has 6 nitrogen and oxygen atoms in total. The third-order valence-electron chi connectivity index (χ3n) is 5.14. The van der Waals surface area contributed by atoms with Crippen LogP contribution in [0.2, 0.25) is 0 Å². The van der Waals surface area contributed by atoms with E-state index in [0.29, 0.717) is 5.75 Å². The van der Waals surface area contributed by atoms with Crippen LogP contribution in [0.3, 0.4) is 0 Å². The van der Waals surface area contributed by atoms with Gasteiger partial charge in [-0.05, 0) is 53.6 Å². The molecule has 1 heterocycles. The van der Waals surface area contributed by atoms with Crippen LogP contribution < -0.4 is 4.74 Å². The molecule has 0 bridgehead atoms. The van der Waals surface area contributed by atoms with Crippen molar-refractivity contribution in [1.29, 1.82) is 0 Å². The lowest BCUT2D eigenvalue weighted by molar-refractivity contribution is 0.104. The molecule has 0 saturated heterocycles. The van der Waals surface area contributed by atoms with Gasteiger partial charge >= 0.3 is 0 Å². The Balaban J connectivity index is 1.57. The lowest BCUT2D eigenvalue weighted by Gasteiger charge is -2.17. The second-order valence-corrected chi connectivity index (χ2v) is 7.12. The van der Waals surface area contributed by atoms with Gasteiger partial charge in [-0.25, -0.2) is 0 Å². The van der Waals surface area contributed by atoms with Crippen LogP contribution in [0.4, 0.5) is 0 Å². The lowest BCUT2D eigenvalue weighted by Crippen LogP contribution is -2.13. The van der Waals surface area contributed by atoms with Crippen molar-refractivity contribution < 1.29 is 30.0 Å². The van der Waals surface area contributed by atoms with Gasteiger partial charge in [0.15, 0.2) is 5.78 Å². The van der Waals surface area contributed by atoms with Crippen molar-refractivity contribution in [2.45, 2.75) is 12.0 Å². The van der Waals surface area contributed by atoms with Crippen molar-refractivity contribution >= 4 is 11.9 Å². The number of aliphatic hydroxyl groups excluding tert-OH is 1. The van der Waals surface area contributed by atoms with Crippen LogP contribution >= 0.6 is 0 Å². The van der Waals surface area contributed by atoms with Gasteiger partial charge in [-0.15, -0.1) is 0 Å². The number of phenolic OH excluding ortho intramolecular Hbond substituents is 3. The SMILES string of the molecule is O=C(/C=C/c1ccc2c(c1)[C@H](CO)[C@@H](c1ccc(O)cc1)O2)c1ccc(O)cc1O. The Kier molecular flexibility index (Phi) is 5.16. The fourth-order valence-electron chi connectivity index (χ4n) is 3.60. The minimum Gasteiger partial charge on any atom is -0.508 e. The number of aliphatic hydroxyl groups is 1. The summed E-state index contributed by atoms with van der Waals surface area (Å²) in [5.74, 6) is -0.271. The molecular formula is C24H20O6. The number of hydrogen-bond donors (Lipinski definition) is 4. The number of carbonyl (C=O) groups excluding carboxylic acids is 1. The van der Waals surface area contributed by atoms with Gasteiger partial charge in [0.2, 0.25) is 0 Å². The molecule has 3 aromatic rings. The topological polar surface area (TPSA) is 107 Å². The summed E-state index contributed by atoms with van der Waals surface area (Å²) in [6, 6.07) is 15.9. The van der Waals surface area contributed by atoms with Crippen LogP contribution in [0.5, 0.6) is 23.0 Å². The molecule has 152 valence electrons. The van der Waals surface area contributed by atoms with Crippen molar-refractivity contribution in [1.82, 2.24) is 0 Å². The fourth-order valence-corrected chi connectivity index (χ4v) is 3.60. The highest BCUT2D eigenvalue weighted by Crippen LogP contribution is 2.46. The molecular weight excluding hydrogens is 384 g/mol. The largest absolute Gasteiger partial charge is 0.508 e. The minimum absolute atomic E-state index is 0.0918. The van der Waals surface area contributed by atoms with Crippen LogP contribution in [0.25, 0.3) is 6.08 Å². The Morgan fingerprint density at radius 2 is 1.67 bits per heavy atom. The number of ketones is 1. The van der Waals surface area contributed by atoms with E-state index in [1.54, 1.807) is 42.5 Å². The van der Waals surface area contributed by atoms with Gasteiger partial charge in [0.05, 0.1) is 18.1 Å². The first-order chi connectivity index (χ1) is 14.5. The second kappa shape index (κ2) is 7.93. The molecule has 0 amide bonds. The molecule has 0 aliphatic carbocycles. The molecule has 1 aliphatic heterocycles. The van der Waals surface area contributed by atoms with Gasteiger partial charge in [-0.2, -0.15) is 0 Å². The van der Waals surface area contributed by atoms with Crippen LogP contribution in [-0.4, -0.2) is 32.8 Å². The quantitative estimate of drug-likeness (QED) is 0.379. The van der Waals surface area contributed by atoms with Crippen LogP contribution in [0.15, 0.2) is 66.7 Å². The lowest BCUT2D eigenvalue weighted by atomic mass is 9.91. The average molecular weight is 404 g/mol. The first kappa shape index (κ1) is 19.5. The van der Waals surface area contributed by atoms with Gasteiger partial charge in [0.25, 0.3) is 0 Å². The van der Waals surface area contributed by atoms with E-state index in [-0.39, 0.29) is 41.4 Å². The summed E-state index contributed by atoms with van der Waals surface area (Å²) in [5.41, 5.74) is 2.51. The third kappa shape index (κ3) is 3.73. The van der Waals surface area contributed by atoms with E-state index in [0.717, 1.165) is 22.8 Å². The maximum atomic E-state index is 12.4. The Morgan fingerprint density at radius 1 is 0.933 bits per heavy atom. The molecule has 0 spiro atoms. The van der Waals surface area contributed by atoms with Crippen molar-refractivity contribution in [3.05, 3.63) is 89.0 Å². The van der Waals surface area contributed by atoms with Gasteiger partial charge in [0.1, 0.15) is 29.1 Å². The van der Waals surface area contributed by atoms with Crippen LogP contribution in [0.1, 0.15) is 39.1 Å². The fraction of sp³-hybridized carbons (Fsp3) is 0.125. The number of benzene rings is 3. The van der Waals surface area contributed by atoms with Gasteiger partial charge in [-0.3, -0.25) is 4.79 Å². The highest BCUT2D eigenvalue weighted by molar-refractivity contribution is 6.08. The molecule has 6 heteroatoms. The summed E-state index contributed by atoms with van der Waals surface area (Å²) < 4.78 is 6.02. The van der Waals surface area contributed by atoms with E-state index in [1.807, 2.05) is 6.07 Å². The number of aromatic hydroxyl groups is 3. The first-order valence-electron chi connectivity index (χ1n) is 9.41. The van der Waals surface area contributed by atoms with E-state index in [9.17, 15) is 25.2 Å². The Bertz CT molecular complexity index is 1120. The van der Waals surface area contributed by atoms with Gasteiger partial charge in [-0.1, -0.05) is 24.3 Å². The Hall–Kier alpha value is -3.77. The summed E-state index contributed by atoms with van der Waals surface area (Å²) >= 11 is 0. The Labute approximate surface area is 172 Å². The number of ether oxygens (including phenoxy) is 1. The minimum atomic E-state index is -0.398. The van der Waals surface area contributed by atoms with Crippen LogP contribution in [-0.2, 0) is 0 Å². The van der Waals surface area contributed by atoms with E-state index in [4.69, 9.17) is 4.74 Å². The molecule has 4 rings (SSSR count). The second-order valence-electron chi connectivity index (χ2n) is 7.12. The average Bonchev–Trinajstić information content (AvgIpc) is 3.10. The number of fused-ring (bicyclic) bond motifs is 1.